The second-order valence-electron chi connectivity index (χ2n) is 13.3. The van der Waals surface area contributed by atoms with Gasteiger partial charge in [0.05, 0.1) is 11.4 Å². The molecular formula is C49H31N5O. The van der Waals surface area contributed by atoms with Gasteiger partial charge in [0.2, 0.25) is 0 Å². The molecule has 0 amide bonds. The van der Waals surface area contributed by atoms with Crippen LogP contribution in [0.2, 0.25) is 0 Å². The molecule has 0 fully saturated rings. The van der Waals surface area contributed by atoms with Gasteiger partial charge in [-0.2, -0.15) is 0 Å². The van der Waals surface area contributed by atoms with Crippen molar-refractivity contribution in [1.29, 1.82) is 0 Å². The number of fused-ring (bicyclic) bond motifs is 3. The first-order valence-corrected chi connectivity index (χ1v) is 18.2. The molecule has 0 aliphatic rings. The van der Waals surface area contributed by atoms with Crippen LogP contribution in [0.25, 0.3) is 101 Å². The molecule has 3 heterocycles. The molecule has 0 radical (unpaired) electrons. The molecule has 10 rings (SSSR count). The summed E-state index contributed by atoms with van der Waals surface area (Å²) in [7, 11) is 0. The Kier molecular flexibility index (Phi) is 8.04. The summed E-state index contributed by atoms with van der Waals surface area (Å²) in [6.07, 6.45) is 0. The molecule has 6 nitrogen and oxygen atoms in total. The zero-order valence-corrected chi connectivity index (χ0v) is 29.5. The lowest BCUT2D eigenvalue weighted by molar-refractivity contribution is 0.669. The average molecular weight is 706 g/mol. The van der Waals surface area contributed by atoms with Gasteiger partial charge in [0.1, 0.15) is 11.2 Å². The molecule has 3 aromatic heterocycles. The van der Waals surface area contributed by atoms with E-state index in [2.05, 4.69) is 72.8 Å². The van der Waals surface area contributed by atoms with E-state index in [1.54, 1.807) is 0 Å². The maximum absolute atomic E-state index is 6.52. The van der Waals surface area contributed by atoms with Crippen LogP contribution in [-0.2, 0) is 0 Å². The molecule has 0 N–H and O–H groups in total. The van der Waals surface area contributed by atoms with Gasteiger partial charge >= 0.3 is 0 Å². The lowest BCUT2D eigenvalue weighted by Gasteiger charge is -2.10. The van der Waals surface area contributed by atoms with Crippen LogP contribution in [-0.4, -0.2) is 24.9 Å². The highest BCUT2D eigenvalue weighted by atomic mass is 16.3. The van der Waals surface area contributed by atoms with Crippen molar-refractivity contribution in [2.45, 2.75) is 0 Å². The van der Waals surface area contributed by atoms with Gasteiger partial charge in [0.15, 0.2) is 23.3 Å². The molecule has 7 aromatic carbocycles. The van der Waals surface area contributed by atoms with E-state index >= 15 is 0 Å². The number of hydrogen-bond donors (Lipinski definition) is 0. The van der Waals surface area contributed by atoms with Crippen LogP contribution in [0.15, 0.2) is 192 Å². The molecule has 0 saturated carbocycles. The molecule has 0 spiro atoms. The number of aromatic nitrogens is 5. The Morgan fingerprint density at radius 1 is 0.291 bits per heavy atom. The van der Waals surface area contributed by atoms with Crippen LogP contribution >= 0.6 is 0 Å². The second kappa shape index (κ2) is 13.8. The van der Waals surface area contributed by atoms with E-state index in [1.165, 1.54) is 0 Å². The number of benzene rings is 7. The standard InChI is InChI=1S/C49H31N5O/c1-5-14-33(15-6-1)41-31-42(34-16-7-2-8-17-34)51-46(50-41)37-26-24-32(25-27-37)39-22-13-23-43-45(39)40-29-28-38(30-44(40)55-43)49-53-47(35-18-9-3-10-19-35)52-48(54-49)36-20-11-4-12-21-36/h1-31H. The van der Waals surface area contributed by atoms with E-state index in [9.17, 15) is 0 Å². The largest absolute Gasteiger partial charge is 0.456 e. The van der Waals surface area contributed by atoms with E-state index < -0.39 is 0 Å². The molecule has 55 heavy (non-hydrogen) atoms. The predicted molar refractivity (Wildman–Crippen MR) is 221 cm³/mol. The molecule has 0 saturated heterocycles. The van der Waals surface area contributed by atoms with Gasteiger partial charge in [0.25, 0.3) is 0 Å². The third kappa shape index (κ3) is 6.22. The summed E-state index contributed by atoms with van der Waals surface area (Å²) in [4.78, 5) is 24.8. The van der Waals surface area contributed by atoms with E-state index in [0.717, 1.165) is 77.8 Å². The third-order valence-electron chi connectivity index (χ3n) is 9.77. The molecule has 0 unspecified atom stereocenters. The van der Waals surface area contributed by atoms with Gasteiger partial charge < -0.3 is 4.42 Å². The summed E-state index contributed by atoms with van der Waals surface area (Å²) < 4.78 is 6.52. The maximum atomic E-state index is 6.52. The van der Waals surface area contributed by atoms with Crippen molar-refractivity contribution in [3.8, 4) is 79.2 Å². The Morgan fingerprint density at radius 2 is 0.727 bits per heavy atom. The van der Waals surface area contributed by atoms with E-state index in [4.69, 9.17) is 29.3 Å². The summed E-state index contributed by atoms with van der Waals surface area (Å²) in [5, 5.41) is 2.07. The Bertz CT molecular complexity index is 2830. The Balaban J connectivity index is 1.04. The zero-order valence-electron chi connectivity index (χ0n) is 29.5. The van der Waals surface area contributed by atoms with Crippen molar-refractivity contribution in [1.82, 2.24) is 24.9 Å². The number of furan rings is 1. The lowest BCUT2D eigenvalue weighted by Crippen LogP contribution is -2.00. The van der Waals surface area contributed by atoms with Crippen LogP contribution in [0.4, 0.5) is 0 Å². The van der Waals surface area contributed by atoms with Gasteiger partial charge in [-0.1, -0.05) is 164 Å². The van der Waals surface area contributed by atoms with Crippen molar-refractivity contribution < 1.29 is 4.42 Å². The molecule has 0 bridgehead atoms. The van der Waals surface area contributed by atoms with Crippen LogP contribution < -0.4 is 0 Å². The summed E-state index contributed by atoms with van der Waals surface area (Å²) in [5.74, 6) is 2.50. The highest BCUT2D eigenvalue weighted by Crippen LogP contribution is 2.39. The van der Waals surface area contributed by atoms with E-state index in [-0.39, 0.29) is 0 Å². The van der Waals surface area contributed by atoms with Crippen molar-refractivity contribution in [2.24, 2.45) is 0 Å². The van der Waals surface area contributed by atoms with Gasteiger partial charge in [-0.05, 0) is 35.4 Å². The molecule has 258 valence electrons. The van der Waals surface area contributed by atoms with E-state index in [1.807, 2.05) is 115 Å². The lowest BCUT2D eigenvalue weighted by atomic mass is 9.98. The number of hydrogen-bond acceptors (Lipinski definition) is 6. The van der Waals surface area contributed by atoms with Crippen molar-refractivity contribution in [3.05, 3.63) is 188 Å². The van der Waals surface area contributed by atoms with Gasteiger partial charge in [0, 0.05) is 44.2 Å². The summed E-state index contributed by atoms with van der Waals surface area (Å²) in [5.41, 5.74) is 11.2. The highest BCUT2D eigenvalue weighted by molar-refractivity contribution is 6.13. The third-order valence-corrected chi connectivity index (χ3v) is 9.77. The van der Waals surface area contributed by atoms with Crippen molar-refractivity contribution in [2.75, 3.05) is 0 Å². The van der Waals surface area contributed by atoms with Crippen LogP contribution in [0.3, 0.4) is 0 Å². The minimum Gasteiger partial charge on any atom is -0.456 e. The summed E-state index contributed by atoms with van der Waals surface area (Å²) >= 11 is 0. The van der Waals surface area contributed by atoms with Crippen molar-refractivity contribution >= 4 is 21.9 Å². The number of rotatable bonds is 7. The first-order chi connectivity index (χ1) is 27.2. The Morgan fingerprint density at radius 3 is 1.27 bits per heavy atom. The molecule has 10 aromatic rings. The first kappa shape index (κ1) is 32.1. The molecule has 0 aliphatic carbocycles. The molecule has 6 heteroatoms. The van der Waals surface area contributed by atoms with Gasteiger partial charge in [-0.15, -0.1) is 0 Å². The average Bonchev–Trinajstić information content (AvgIpc) is 3.66. The minimum absolute atomic E-state index is 0.583. The quantitative estimate of drug-likeness (QED) is 0.164. The fourth-order valence-electron chi connectivity index (χ4n) is 7.03. The predicted octanol–water partition coefficient (Wildman–Crippen LogP) is 12.2. The van der Waals surface area contributed by atoms with E-state index in [0.29, 0.717) is 23.3 Å². The molecular weight excluding hydrogens is 675 g/mol. The highest BCUT2D eigenvalue weighted by Gasteiger charge is 2.17. The summed E-state index contributed by atoms with van der Waals surface area (Å²) in [6.45, 7) is 0. The second-order valence-corrected chi connectivity index (χ2v) is 13.3. The first-order valence-electron chi connectivity index (χ1n) is 18.2. The minimum atomic E-state index is 0.583. The molecule has 0 atom stereocenters. The fraction of sp³-hybridized carbons (Fsp3) is 0. The van der Waals surface area contributed by atoms with Gasteiger partial charge in [-0.3, -0.25) is 0 Å². The normalized spacial score (nSPS) is 11.3. The van der Waals surface area contributed by atoms with Crippen LogP contribution in [0, 0.1) is 0 Å². The summed E-state index contributed by atoms with van der Waals surface area (Å²) in [6, 6.07) is 63.4. The maximum Gasteiger partial charge on any atom is 0.164 e. The monoisotopic (exact) mass is 705 g/mol. The number of nitrogens with zero attached hydrogens (tertiary/aromatic N) is 5. The zero-order chi connectivity index (χ0) is 36.6. The van der Waals surface area contributed by atoms with Crippen LogP contribution in [0.1, 0.15) is 0 Å². The van der Waals surface area contributed by atoms with Crippen molar-refractivity contribution in [3.63, 3.8) is 0 Å². The van der Waals surface area contributed by atoms with Crippen LogP contribution in [0.5, 0.6) is 0 Å². The van der Waals surface area contributed by atoms with Gasteiger partial charge in [-0.25, -0.2) is 24.9 Å². The Labute approximate surface area is 317 Å². The molecule has 0 aliphatic heterocycles. The topological polar surface area (TPSA) is 77.6 Å². The Hall–Kier alpha value is -7.57. The fourth-order valence-corrected chi connectivity index (χ4v) is 7.03. The smallest absolute Gasteiger partial charge is 0.164 e. The SMILES string of the molecule is c1ccc(-c2cc(-c3ccccc3)nc(-c3ccc(-c4cccc5oc6cc(-c7nc(-c8ccccc8)nc(-c8ccccc8)n7)ccc6c45)cc3)n2)cc1.